The van der Waals surface area contributed by atoms with Crippen LogP contribution in [0.5, 0.6) is 5.75 Å². The number of nitrogens with zero attached hydrogens (tertiary/aromatic N) is 6. The van der Waals surface area contributed by atoms with Crippen molar-refractivity contribution in [3.63, 3.8) is 0 Å². The van der Waals surface area contributed by atoms with E-state index in [1.54, 1.807) is 19.6 Å². The van der Waals surface area contributed by atoms with Gasteiger partial charge in [0.15, 0.2) is 17.4 Å². The van der Waals surface area contributed by atoms with Gasteiger partial charge >= 0.3 is 0 Å². The largest absolute Gasteiger partial charge is 0.493 e. The first-order valence-corrected chi connectivity index (χ1v) is 9.94. The lowest BCUT2D eigenvalue weighted by molar-refractivity contribution is 0.410. The minimum absolute atomic E-state index is 0.306. The van der Waals surface area contributed by atoms with E-state index in [1.807, 2.05) is 46.7 Å². The molecule has 4 heterocycles. The molecule has 0 N–H and O–H groups in total. The fraction of sp³-hybridized carbons (Fsp3) is 0.217. The Bertz CT molecular complexity index is 1210. The maximum Gasteiger partial charge on any atom is 0.180 e. The zero-order valence-electron chi connectivity index (χ0n) is 16.9. The van der Waals surface area contributed by atoms with E-state index in [2.05, 4.69) is 39.3 Å². The Morgan fingerprint density at radius 1 is 1.13 bits per heavy atom. The summed E-state index contributed by atoms with van der Waals surface area (Å²) in [7, 11) is 1.64. The van der Waals surface area contributed by atoms with Crippen LogP contribution in [-0.4, -0.2) is 36.4 Å². The van der Waals surface area contributed by atoms with Gasteiger partial charge in [-0.25, -0.2) is 19.6 Å². The summed E-state index contributed by atoms with van der Waals surface area (Å²) in [5, 5.41) is 4.65. The van der Waals surface area contributed by atoms with E-state index in [9.17, 15) is 0 Å². The average Bonchev–Trinajstić information content (AvgIpc) is 3.48. The third kappa shape index (κ3) is 3.39. The third-order valence-corrected chi connectivity index (χ3v) is 5.31. The maximum absolute atomic E-state index is 5.53. The number of aromatic nitrogens is 6. The number of rotatable bonds is 5. The molecule has 1 atom stereocenters. The molecular formula is C23H22N6O. The van der Waals surface area contributed by atoms with Crippen molar-refractivity contribution in [2.75, 3.05) is 7.11 Å². The molecule has 0 aliphatic carbocycles. The lowest BCUT2D eigenvalue weighted by atomic mass is 9.97. The Kier molecular flexibility index (Phi) is 4.63. The number of methoxy groups -OCH3 is 1. The summed E-state index contributed by atoms with van der Waals surface area (Å²) in [6.45, 7) is 2.84. The molecule has 3 aromatic heterocycles. The van der Waals surface area contributed by atoms with Crippen LogP contribution < -0.4 is 4.74 Å². The molecule has 5 rings (SSSR count). The summed E-state index contributed by atoms with van der Waals surface area (Å²) >= 11 is 0. The molecule has 0 saturated heterocycles. The molecule has 1 aliphatic heterocycles. The molecule has 30 heavy (non-hydrogen) atoms. The van der Waals surface area contributed by atoms with Gasteiger partial charge in [-0.2, -0.15) is 5.10 Å². The van der Waals surface area contributed by atoms with Crippen LogP contribution in [0.4, 0.5) is 0 Å². The molecule has 7 heteroatoms. The average molecular weight is 398 g/mol. The fourth-order valence-electron chi connectivity index (χ4n) is 3.84. The van der Waals surface area contributed by atoms with E-state index in [0.29, 0.717) is 23.3 Å². The number of hydrogen-bond donors (Lipinski definition) is 0. The molecule has 150 valence electrons. The molecule has 0 bridgehead atoms. The van der Waals surface area contributed by atoms with Gasteiger partial charge in [0.1, 0.15) is 12.2 Å². The van der Waals surface area contributed by atoms with Crippen LogP contribution in [0.1, 0.15) is 40.8 Å². The molecule has 0 spiro atoms. The van der Waals surface area contributed by atoms with Crippen molar-refractivity contribution in [2.45, 2.75) is 25.8 Å². The summed E-state index contributed by atoms with van der Waals surface area (Å²) < 4.78 is 9.40. The van der Waals surface area contributed by atoms with Gasteiger partial charge in [-0.3, -0.25) is 4.57 Å². The smallest absolute Gasteiger partial charge is 0.180 e. The number of aryl methyl sites for hydroxylation is 2. The van der Waals surface area contributed by atoms with Gasteiger partial charge in [-0.05, 0) is 42.7 Å². The second-order valence-electron chi connectivity index (χ2n) is 7.35. The van der Waals surface area contributed by atoms with E-state index in [-0.39, 0.29) is 0 Å². The Morgan fingerprint density at radius 2 is 2.00 bits per heavy atom. The highest BCUT2D eigenvalue weighted by atomic mass is 16.5. The molecule has 4 aromatic rings. The van der Waals surface area contributed by atoms with Crippen molar-refractivity contribution in [1.82, 2.24) is 29.3 Å². The minimum Gasteiger partial charge on any atom is -0.493 e. The number of benzene rings is 1. The van der Waals surface area contributed by atoms with E-state index in [4.69, 9.17) is 9.72 Å². The molecule has 0 fully saturated rings. The van der Waals surface area contributed by atoms with Gasteiger partial charge in [-0.1, -0.05) is 30.3 Å². The topological polar surface area (TPSA) is 70.7 Å². The summed E-state index contributed by atoms with van der Waals surface area (Å²) in [4.78, 5) is 13.6. The Balaban J connectivity index is 1.39. The highest BCUT2D eigenvalue weighted by Gasteiger charge is 2.27. The van der Waals surface area contributed by atoms with E-state index in [0.717, 1.165) is 30.0 Å². The quantitative estimate of drug-likeness (QED) is 0.510. The predicted molar refractivity (Wildman–Crippen MR) is 115 cm³/mol. The minimum atomic E-state index is 0.306. The van der Waals surface area contributed by atoms with Gasteiger partial charge in [0.05, 0.1) is 12.8 Å². The Morgan fingerprint density at radius 3 is 2.77 bits per heavy atom. The second kappa shape index (κ2) is 7.59. The predicted octanol–water partition coefficient (Wildman–Crippen LogP) is 3.88. The summed E-state index contributed by atoms with van der Waals surface area (Å²) in [6, 6.07) is 12.5. The third-order valence-electron chi connectivity index (χ3n) is 5.31. The molecule has 7 nitrogen and oxygen atoms in total. The molecule has 0 unspecified atom stereocenters. The van der Waals surface area contributed by atoms with E-state index >= 15 is 0 Å². The summed E-state index contributed by atoms with van der Waals surface area (Å²) in [6.07, 6.45) is 10.4. The molecule has 0 amide bonds. The van der Waals surface area contributed by atoms with E-state index in [1.165, 1.54) is 5.56 Å². The fourth-order valence-corrected chi connectivity index (χ4v) is 3.84. The van der Waals surface area contributed by atoms with Crippen LogP contribution >= 0.6 is 0 Å². The zero-order valence-corrected chi connectivity index (χ0v) is 16.9. The SMILES string of the molecule is COc1cc(/C=C/c2nc3n(n2)CC[C@H]3c2ccccc2)cnc1-n1cnc(C)c1. The zero-order chi connectivity index (χ0) is 20.5. The molecule has 0 radical (unpaired) electrons. The lowest BCUT2D eigenvalue weighted by Gasteiger charge is -2.08. The number of imidazole rings is 1. The Hall–Kier alpha value is -3.74. The first-order valence-electron chi connectivity index (χ1n) is 9.94. The molecular weight excluding hydrogens is 376 g/mol. The van der Waals surface area contributed by atoms with Crippen molar-refractivity contribution in [3.05, 3.63) is 83.6 Å². The van der Waals surface area contributed by atoms with Crippen LogP contribution in [0.3, 0.4) is 0 Å². The van der Waals surface area contributed by atoms with Gasteiger partial charge in [0.25, 0.3) is 0 Å². The van der Waals surface area contributed by atoms with Crippen molar-refractivity contribution < 1.29 is 4.74 Å². The summed E-state index contributed by atoms with van der Waals surface area (Å²) in [5.74, 6) is 3.43. The maximum atomic E-state index is 5.53. The molecule has 1 aromatic carbocycles. The van der Waals surface area contributed by atoms with Crippen LogP contribution in [0.2, 0.25) is 0 Å². The van der Waals surface area contributed by atoms with Gasteiger partial charge in [0, 0.05) is 24.9 Å². The van der Waals surface area contributed by atoms with Crippen molar-refractivity contribution in [2.24, 2.45) is 0 Å². The monoisotopic (exact) mass is 398 g/mol. The van der Waals surface area contributed by atoms with Crippen LogP contribution in [0.25, 0.3) is 18.0 Å². The highest BCUT2D eigenvalue weighted by Crippen LogP contribution is 2.32. The number of pyridine rings is 1. The van der Waals surface area contributed by atoms with Gasteiger partial charge in [0.2, 0.25) is 0 Å². The Labute approximate surface area is 174 Å². The van der Waals surface area contributed by atoms with Gasteiger partial charge in [-0.15, -0.1) is 0 Å². The van der Waals surface area contributed by atoms with Crippen LogP contribution in [-0.2, 0) is 6.54 Å². The summed E-state index contributed by atoms with van der Waals surface area (Å²) in [5.41, 5.74) is 3.14. The normalized spacial score (nSPS) is 15.6. The number of hydrogen-bond acceptors (Lipinski definition) is 5. The van der Waals surface area contributed by atoms with Crippen molar-refractivity contribution in [1.29, 1.82) is 0 Å². The lowest BCUT2D eigenvalue weighted by Crippen LogP contribution is -1.99. The van der Waals surface area contributed by atoms with Crippen LogP contribution in [0, 0.1) is 6.92 Å². The first-order chi connectivity index (χ1) is 14.7. The van der Waals surface area contributed by atoms with Crippen molar-refractivity contribution >= 4 is 12.2 Å². The number of ether oxygens (including phenoxy) is 1. The first kappa shape index (κ1) is 18.3. The van der Waals surface area contributed by atoms with E-state index < -0.39 is 0 Å². The second-order valence-corrected chi connectivity index (χ2v) is 7.35. The van der Waals surface area contributed by atoms with Crippen molar-refractivity contribution in [3.8, 4) is 11.6 Å². The standard InChI is InChI=1S/C23H22N6O/c1-16-14-28(15-25-16)23-20(30-2)12-17(13-24-23)8-9-21-26-22-19(10-11-29(22)27-21)18-6-4-3-5-7-18/h3-9,12-15,19H,10-11H2,1-2H3/b9-8+/t19-/m0/s1. The van der Waals surface area contributed by atoms with Gasteiger partial charge < -0.3 is 4.74 Å². The highest BCUT2D eigenvalue weighted by molar-refractivity contribution is 5.67. The van der Waals surface area contributed by atoms with Crippen LogP contribution in [0.15, 0.2) is 55.1 Å². The number of fused-ring (bicyclic) bond motifs is 1. The molecule has 1 aliphatic rings. The molecule has 0 saturated carbocycles.